The highest BCUT2D eigenvalue weighted by Gasteiger charge is 2.42. The van der Waals surface area contributed by atoms with Crippen molar-refractivity contribution in [1.29, 1.82) is 0 Å². The van der Waals surface area contributed by atoms with Gasteiger partial charge in [-0.2, -0.15) is 0 Å². The zero-order chi connectivity index (χ0) is 24.1. The summed E-state index contributed by atoms with van der Waals surface area (Å²) >= 11 is 0. The molecule has 2 aliphatic heterocycles. The van der Waals surface area contributed by atoms with E-state index in [1.807, 2.05) is 12.1 Å². The lowest BCUT2D eigenvalue weighted by Crippen LogP contribution is -2.46. The third-order valence-electron chi connectivity index (χ3n) is 7.58. The average Bonchev–Trinajstić information content (AvgIpc) is 3.53. The Hall–Kier alpha value is -3.26. The number of ether oxygens (including phenoxy) is 1. The Morgan fingerprint density at radius 2 is 1.94 bits per heavy atom. The summed E-state index contributed by atoms with van der Waals surface area (Å²) < 4.78 is 26.0. The highest BCUT2D eigenvalue weighted by atomic mass is 19.1. The van der Waals surface area contributed by atoms with Gasteiger partial charge in [-0.15, -0.1) is 0 Å². The maximum absolute atomic E-state index is 13.9. The number of piperidine rings is 1. The number of hydrogen-bond donors (Lipinski definition) is 1. The molecule has 6 rings (SSSR count). The second-order valence-corrected chi connectivity index (χ2v) is 9.96. The van der Waals surface area contributed by atoms with Crippen LogP contribution in [0.2, 0.25) is 0 Å². The quantitative estimate of drug-likeness (QED) is 0.482. The number of aromatic nitrogens is 2. The molecule has 1 aromatic carbocycles. The average molecular weight is 478 g/mol. The number of nitrogens with zero attached hydrogens (tertiary/aromatic N) is 3. The minimum absolute atomic E-state index is 0.102. The summed E-state index contributed by atoms with van der Waals surface area (Å²) in [5.74, 6) is 0.859. The van der Waals surface area contributed by atoms with Crippen molar-refractivity contribution in [2.75, 3.05) is 4.90 Å². The Balaban J connectivity index is 1.18. The van der Waals surface area contributed by atoms with Gasteiger partial charge in [0, 0.05) is 29.1 Å². The third-order valence-corrected chi connectivity index (χ3v) is 7.58. The van der Waals surface area contributed by atoms with Gasteiger partial charge in [0.25, 0.3) is 0 Å². The Labute approximate surface area is 202 Å². The van der Waals surface area contributed by atoms with E-state index in [2.05, 4.69) is 15.0 Å². The minimum Gasteiger partial charge on any atom is -0.478 e. The SMILES string of the molecule is Cc1nc(N2C3CCC2CC(OCc2c(-c4cccc(F)c4)noc2C2CC2)C3)ccc1C(=O)O. The maximum Gasteiger partial charge on any atom is 0.337 e. The molecule has 2 aromatic heterocycles. The first-order valence-corrected chi connectivity index (χ1v) is 12.3. The summed E-state index contributed by atoms with van der Waals surface area (Å²) in [6.07, 6.45) is 6.18. The number of halogens is 1. The van der Waals surface area contributed by atoms with Crippen LogP contribution in [0.3, 0.4) is 0 Å². The molecule has 0 spiro atoms. The van der Waals surface area contributed by atoms with Gasteiger partial charge in [-0.1, -0.05) is 17.3 Å². The molecule has 1 N–H and O–H groups in total. The molecule has 2 bridgehead atoms. The van der Waals surface area contributed by atoms with Crippen LogP contribution in [0.4, 0.5) is 10.2 Å². The summed E-state index contributed by atoms with van der Waals surface area (Å²) in [5, 5.41) is 13.6. The van der Waals surface area contributed by atoms with Crippen LogP contribution in [0.25, 0.3) is 11.3 Å². The van der Waals surface area contributed by atoms with Crippen LogP contribution in [0.5, 0.6) is 0 Å². The van der Waals surface area contributed by atoms with E-state index < -0.39 is 5.97 Å². The Bertz CT molecular complexity index is 1260. The van der Waals surface area contributed by atoms with Gasteiger partial charge in [0.15, 0.2) is 0 Å². The topological polar surface area (TPSA) is 88.7 Å². The van der Waals surface area contributed by atoms with Crippen LogP contribution in [0.15, 0.2) is 40.9 Å². The van der Waals surface area contributed by atoms with Crippen LogP contribution in [0, 0.1) is 12.7 Å². The summed E-state index contributed by atoms with van der Waals surface area (Å²) in [7, 11) is 0. The standard InChI is InChI=1S/C27H28FN3O4/c1-15-22(27(32)33)9-10-24(29-15)31-19-7-8-20(31)13-21(12-19)34-14-23-25(17-3-2-4-18(28)11-17)30-35-26(23)16-5-6-16/h2-4,9-11,16,19-21H,5-8,12-14H2,1H3,(H,32,33). The second-order valence-electron chi connectivity index (χ2n) is 9.96. The molecule has 35 heavy (non-hydrogen) atoms. The number of carboxylic acids is 1. The van der Waals surface area contributed by atoms with Crippen LogP contribution in [0.1, 0.15) is 71.8 Å². The fourth-order valence-electron chi connectivity index (χ4n) is 5.75. The molecule has 4 heterocycles. The molecule has 0 amide bonds. The number of carbonyl (C=O) groups is 1. The molecule has 0 radical (unpaired) electrons. The van der Waals surface area contributed by atoms with Crippen molar-refractivity contribution in [2.45, 2.75) is 76.2 Å². The first-order chi connectivity index (χ1) is 17.0. The molecule has 8 heteroatoms. The molecular weight excluding hydrogens is 449 g/mol. The number of carboxylic acid groups (broad SMARTS) is 1. The van der Waals surface area contributed by atoms with Gasteiger partial charge in [-0.05, 0) is 69.7 Å². The number of hydrogen-bond acceptors (Lipinski definition) is 6. The molecule has 182 valence electrons. The van der Waals surface area contributed by atoms with Gasteiger partial charge in [0.2, 0.25) is 0 Å². The summed E-state index contributed by atoms with van der Waals surface area (Å²) in [5.41, 5.74) is 3.10. The number of anilines is 1. The van der Waals surface area contributed by atoms with E-state index in [1.165, 1.54) is 12.1 Å². The molecule has 1 aliphatic carbocycles. The molecule has 1 saturated carbocycles. The van der Waals surface area contributed by atoms with E-state index in [9.17, 15) is 14.3 Å². The summed E-state index contributed by atoms with van der Waals surface area (Å²) in [6.45, 7) is 2.15. The lowest BCUT2D eigenvalue weighted by molar-refractivity contribution is 0.0146. The lowest BCUT2D eigenvalue weighted by atomic mass is 9.99. The fourth-order valence-corrected chi connectivity index (χ4v) is 5.75. The van der Waals surface area contributed by atoms with Gasteiger partial charge in [0.05, 0.1) is 24.0 Å². The van der Waals surface area contributed by atoms with E-state index in [4.69, 9.17) is 9.26 Å². The number of rotatable bonds is 7. The van der Waals surface area contributed by atoms with E-state index >= 15 is 0 Å². The molecule has 7 nitrogen and oxygen atoms in total. The molecule has 3 aromatic rings. The van der Waals surface area contributed by atoms with E-state index in [-0.39, 0.29) is 17.5 Å². The first-order valence-electron chi connectivity index (χ1n) is 12.3. The Kier molecular flexibility index (Phi) is 5.56. The van der Waals surface area contributed by atoms with Crippen molar-refractivity contribution in [1.82, 2.24) is 10.1 Å². The van der Waals surface area contributed by atoms with Crippen molar-refractivity contribution in [3.8, 4) is 11.3 Å². The summed E-state index contributed by atoms with van der Waals surface area (Å²) in [4.78, 5) is 18.3. The highest BCUT2D eigenvalue weighted by molar-refractivity contribution is 5.89. The molecule has 2 atom stereocenters. The molecule has 3 aliphatic rings. The smallest absolute Gasteiger partial charge is 0.337 e. The highest BCUT2D eigenvalue weighted by Crippen LogP contribution is 2.45. The second kappa shape index (κ2) is 8.75. The largest absolute Gasteiger partial charge is 0.478 e. The van der Waals surface area contributed by atoms with E-state index in [0.717, 1.165) is 55.7 Å². The van der Waals surface area contributed by atoms with Crippen molar-refractivity contribution in [3.63, 3.8) is 0 Å². The van der Waals surface area contributed by atoms with Gasteiger partial charge < -0.3 is 19.3 Å². The number of pyridine rings is 1. The monoisotopic (exact) mass is 477 g/mol. The molecular formula is C27H28FN3O4. The van der Waals surface area contributed by atoms with Crippen molar-refractivity contribution >= 4 is 11.8 Å². The van der Waals surface area contributed by atoms with Crippen molar-refractivity contribution in [2.24, 2.45) is 0 Å². The maximum atomic E-state index is 13.9. The minimum atomic E-state index is -0.950. The van der Waals surface area contributed by atoms with Crippen LogP contribution >= 0.6 is 0 Å². The Morgan fingerprint density at radius 3 is 2.60 bits per heavy atom. The van der Waals surface area contributed by atoms with Crippen LogP contribution in [-0.2, 0) is 11.3 Å². The normalized spacial score (nSPS) is 23.6. The zero-order valence-corrected chi connectivity index (χ0v) is 19.6. The van der Waals surface area contributed by atoms with Crippen molar-refractivity contribution < 1.29 is 23.6 Å². The number of aromatic carboxylic acids is 1. The van der Waals surface area contributed by atoms with E-state index in [0.29, 0.717) is 41.6 Å². The van der Waals surface area contributed by atoms with Gasteiger partial charge in [0.1, 0.15) is 23.1 Å². The number of fused-ring (bicyclic) bond motifs is 2. The van der Waals surface area contributed by atoms with Crippen LogP contribution in [-0.4, -0.2) is 39.4 Å². The number of benzene rings is 1. The van der Waals surface area contributed by atoms with Crippen LogP contribution < -0.4 is 4.90 Å². The van der Waals surface area contributed by atoms with E-state index in [1.54, 1.807) is 19.1 Å². The summed E-state index contributed by atoms with van der Waals surface area (Å²) in [6, 6.07) is 10.6. The lowest BCUT2D eigenvalue weighted by Gasteiger charge is -2.39. The predicted molar refractivity (Wildman–Crippen MR) is 127 cm³/mol. The fraction of sp³-hybridized carbons (Fsp3) is 0.444. The first kappa shape index (κ1) is 22.2. The third kappa shape index (κ3) is 4.20. The van der Waals surface area contributed by atoms with Gasteiger partial charge >= 0.3 is 5.97 Å². The van der Waals surface area contributed by atoms with Crippen molar-refractivity contribution in [3.05, 3.63) is 64.8 Å². The predicted octanol–water partition coefficient (Wildman–Crippen LogP) is 5.48. The molecule has 3 fully saturated rings. The van der Waals surface area contributed by atoms with Gasteiger partial charge in [-0.3, -0.25) is 0 Å². The van der Waals surface area contributed by atoms with Gasteiger partial charge in [-0.25, -0.2) is 14.2 Å². The molecule has 2 unspecified atom stereocenters. The number of aryl methyl sites for hydroxylation is 1. The molecule has 2 saturated heterocycles. The Morgan fingerprint density at radius 1 is 1.17 bits per heavy atom. The zero-order valence-electron chi connectivity index (χ0n) is 19.6.